The van der Waals surface area contributed by atoms with E-state index in [1.54, 1.807) is 0 Å². The van der Waals surface area contributed by atoms with Crippen LogP contribution in [0.4, 0.5) is 4.39 Å². The maximum atomic E-state index is 13.6. The smallest absolute Gasteiger partial charge is 0.147 e. The molecule has 84 valence electrons. The molecular weight excluding hydrogens is 248 g/mol. The van der Waals surface area contributed by atoms with E-state index in [2.05, 4.69) is 0 Å². The lowest BCUT2D eigenvalue weighted by Crippen LogP contribution is -2.09. The fraction of sp³-hybridized carbons (Fsp3) is 0.417. The van der Waals surface area contributed by atoms with Gasteiger partial charge in [-0.1, -0.05) is 11.6 Å². The topological polar surface area (TPSA) is 23.8 Å². The lowest BCUT2D eigenvalue weighted by Gasteiger charge is -2.21. The molecular formula is C12H10Cl2FN. The van der Waals surface area contributed by atoms with E-state index in [0.29, 0.717) is 5.56 Å². The largest absolute Gasteiger partial charge is 0.205 e. The summed E-state index contributed by atoms with van der Waals surface area (Å²) in [5, 5.41) is 7.98. The molecule has 2 rings (SSSR count). The van der Waals surface area contributed by atoms with Gasteiger partial charge in [0, 0.05) is 5.56 Å². The van der Waals surface area contributed by atoms with Crippen LogP contribution in [0.25, 0.3) is 0 Å². The molecule has 0 saturated carbocycles. The number of nitrogens with zero attached hydrogens (tertiary/aromatic N) is 1. The number of hydrogen-bond acceptors (Lipinski definition) is 1. The fourth-order valence-electron chi connectivity index (χ4n) is 2.20. The highest BCUT2D eigenvalue weighted by Gasteiger charge is 2.23. The average molecular weight is 258 g/mol. The number of rotatable bonds is 1. The number of benzene rings is 1. The molecule has 1 unspecified atom stereocenters. The number of fused-ring (bicyclic) bond motifs is 1. The van der Waals surface area contributed by atoms with Crippen molar-refractivity contribution >= 4 is 23.2 Å². The van der Waals surface area contributed by atoms with Crippen molar-refractivity contribution in [2.45, 2.75) is 31.1 Å². The first-order valence-electron chi connectivity index (χ1n) is 5.18. The summed E-state index contributed by atoms with van der Waals surface area (Å²) in [6.07, 6.45) is 3.76. The van der Waals surface area contributed by atoms with E-state index in [4.69, 9.17) is 28.5 Å². The summed E-state index contributed by atoms with van der Waals surface area (Å²) in [7, 11) is 0. The molecule has 0 radical (unpaired) electrons. The minimum absolute atomic E-state index is 0.00204. The molecule has 0 bridgehead atoms. The lowest BCUT2D eigenvalue weighted by molar-refractivity contribution is 0.610. The minimum atomic E-state index is -0.866. The second-order valence-electron chi connectivity index (χ2n) is 3.92. The van der Waals surface area contributed by atoms with E-state index in [-0.39, 0.29) is 5.02 Å². The van der Waals surface area contributed by atoms with Crippen molar-refractivity contribution in [2.24, 2.45) is 0 Å². The van der Waals surface area contributed by atoms with Crippen LogP contribution < -0.4 is 0 Å². The molecule has 1 atom stereocenters. The van der Waals surface area contributed by atoms with Gasteiger partial charge in [-0.05, 0) is 42.9 Å². The van der Waals surface area contributed by atoms with E-state index in [1.807, 2.05) is 6.07 Å². The molecule has 1 aromatic carbocycles. The third-order valence-electron chi connectivity index (χ3n) is 2.95. The number of alkyl halides is 1. The summed E-state index contributed by atoms with van der Waals surface area (Å²) in [6.45, 7) is 0. The van der Waals surface area contributed by atoms with Crippen molar-refractivity contribution in [1.29, 1.82) is 5.26 Å². The maximum Gasteiger partial charge on any atom is 0.147 e. The van der Waals surface area contributed by atoms with Gasteiger partial charge in [-0.3, -0.25) is 0 Å². The Morgan fingerprint density at radius 3 is 2.75 bits per heavy atom. The zero-order valence-electron chi connectivity index (χ0n) is 8.56. The molecule has 0 N–H and O–H groups in total. The van der Waals surface area contributed by atoms with Crippen molar-refractivity contribution in [3.05, 3.63) is 33.6 Å². The van der Waals surface area contributed by atoms with Gasteiger partial charge in [-0.2, -0.15) is 5.26 Å². The van der Waals surface area contributed by atoms with E-state index in [9.17, 15) is 4.39 Å². The Morgan fingerprint density at radius 1 is 1.38 bits per heavy atom. The molecule has 0 aromatic heterocycles. The summed E-state index contributed by atoms with van der Waals surface area (Å²) >= 11 is 11.8. The van der Waals surface area contributed by atoms with Crippen molar-refractivity contribution in [3.63, 3.8) is 0 Å². The van der Waals surface area contributed by atoms with Gasteiger partial charge in [0.2, 0.25) is 0 Å². The SMILES string of the molecule is N#CC(Cl)c1c(Cl)c(F)cc2c1CCCC2. The fourth-order valence-corrected chi connectivity index (χ4v) is 2.78. The predicted molar refractivity (Wildman–Crippen MR) is 62.3 cm³/mol. The molecule has 1 aliphatic carbocycles. The van der Waals surface area contributed by atoms with Gasteiger partial charge in [0.15, 0.2) is 0 Å². The van der Waals surface area contributed by atoms with Crippen LogP contribution in [0.3, 0.4) is 0 Å². The Balaban J connectivity index is 2.64. The van der Waals surface area contributed by atoms with Crippen LogP contribution in [-0.2, 0) is 12.8 Å². The lowest BCUT2D eigenvalue weighted by atomic mass is 9.87. The highest BCUT2D eigenvalue weighted by Crippen LogP contribution is 2.37. The molecule has 0 amide bonds. The zero-order valence-corrected chi connectivity index (χ0v) is 10.1. The van der Waals surface area contributed by atoms with Crippen LogP contribution in [0.5, 0.6) is 0 Å². The van der Waals surface area contributed by atoms with E-state index >= 15 is 0 Å². The standard InChI is InChI=1S/C12H10Cl2FN/c13-9(6-16)11-8-4-2-1-3-7(8)5-10(15)12(11)14/h5,9H,1-4H2. The van der Waals surface area contributed by atoms with Crippen molar-refractivity contribution in [3.8, 4) is 6.07 Å². The first-order chi connectivity index (χ1) is 7.65. The minimum Gasteiger partial charge on any atom is -0.205 e. The van der Waals surface area contributed by atoms with E-state index < -0.39 is 11.2 Å². The van der Waals surface area contributed by atoms with Crippen molar-refractivity contribution in [1.82, 2.24) is 0 Å². The third kappa shape index (κ3) is 1.90. The highest BCUT2D eigenvalue weighted by molar-refractivity contribution is 6.33. The number of hydrogen-bond donors (Lipinski definition) is 0. The Hall–Kier alpha value is -0.780. The summed E-state index contributed by atoms with van der Waals surface area (Å²) < 4.78 is 13.6. The Morgan fingerprint density at radius 2 is 2.06 bits per heavy atom. The Labute approximate surface area is 104 Å². The third-order valence-corrected chi connectivity index (χ3v) is 3.65. The van der Waals surface area contributed by atoms with Crippen LogP contribution in [0, 0.1) is 17.1 Å². The van der Waals surface area contributed by atoms with Gasteiger partial charge in [0.1, 0.15) is 11.2 Å². The molecule has 4 heteroatoms. The van der Waals surface area contributed by atoms with Gasteiger partial charge >= 0.3 is 0 Å². The molecule has 1 aromatic rings. The molecule has 1 aliphatic rings. The Kier molecular flexibility index (Phi) is 3.37. The van der Waals surface area contributed by atoms with Gasteiger partial charge in [-0.25, -0.2) is 4.39 Å². The monoisotopic (exact) mass is 257 g/mol. The van der Waals surface area contributed by atoms with Crippen LogP contribution in [0.1, 0.15) is 34.9 Å². The summed E-state index contributed by atoms with van der Waals surface area (Å²) in [4.78, 5) is 0. The molecule has 0 heterocycles. The molecule has 1 nitrogen and oxygen atoms in total. The molecule has 0 fully saturated rings. The predicted octanol–water partition coefficient (Wildman–Crippen LogP) is 4.16. The molecule has 16 heavy (non-hydrogen) atoms. The van der Waals surface area contributed by atoms with E-state index in [0.717, 1.165) is 36.8 Å². The first kappa shape index (κ1) is 11.7. The molecule has 0 spiro atoms. The molecule has 0 saturated heterocycles. The van der Waals surface area contributed by atoms with Crippen LogP contribution >= 0.6 is 23.2 Å². The second-order valence-corrected chi connectivity index (χ2v) is 4.74. The number of halogens is 3. The number of aryl methyl sites for hydroxylation is 1. The summed E-state index contributed by atoms with van der Waals surface area (Å²) in [5.41, 5.74) is 2.39. The normalized spacial score (nSPS) is 16.4. The van der Waals surface area contributed by atoms with Crippen molar-refractivity contribution in [2.75, 3.05) is 0 Å². The van der Waals surface area contributed by atoms with Gasteiger partial charge in [0.05, 0.1) is 11.1 Å². The maximum absolute atomic E-state index is 13.6. The second kappa shape index (κ2) is 4.61. The Bertz CT molecular complexity index is 465. The zero-order chi connectivity index (χ0) is 11.7. The average Bonchev–Trinajstić information content (AvgIpc) is 2.30. The van der Waals surface area contributed by atoms with Crippen LogP contribution in [-0.4, -0.2) is 0 Å². The summed E-state index contributed by atoms with van der Waals surface area (Å²) in [6, 6.07) is 3.39. The first-order valence-corrected chi connectivity index (χ1v) is 6.00. The van der Waals surface area contributed by atoms with Crippen LogP contribution in [0.2, 0.25) is 5.02 Å². The molecule has 0 aliphatic heterocycles. The van der Waals surface area contributed by atoms with Crippen LogP contribution in [0.15, 0.2) is 6.07 Å². The van der Waals surface area contributed by atoms with Crippen molar-refractivity contribution < 1.29 is 4.39 Å². The summed E-state index contributed by atoms with van der Waals surface area (Å²) in [5.74, 6) is -0.474. The van der Waals surface area contributed by atoms with Gasteiger partial charge < -0.3 is 0 Å². The number of nitriles is 1. The van der Waals surface area contributed by atoms with E-state index in [1.165, 1.54) is 6.07 Å². The van der Waals surface area contributed by atoms with Gasteiger partial charge in [-0.15, -0.1) is 11.6 Å². The highest BCUT2D eigenvalue weighted by atomic mass is 35.5. The quantitative estimate of drug-likeness (QED) is 0.694. The van der Waals surface area contributed by atoms with Gasteiger partial charge in [0.25, 0.3) is 0 Å².